The summed E-state index contributed by atoms with van der Waals surface area (Å²) in [6.07, 6.45) is 3.62. The van der Waals surface area contributed by atoms with Crippen molar-refractivity contribution in [3.63, 3.8) is 0 Å². The molecule has 1 unspecified atom stereocenters. The van der Waals surface area contributed by atoms with E-state index < -0.39 is 0 Å². The third kappa shape index (κ3) is 2.14. The molecule has 1 aromatic carbocycles. The van der Waals surface area contributed by atoms with E-state index in [2.05, 4.69) is 39.6 Å². The van der Waals surface area contributed by atoms with E-state index in [1.165, 1.54) is 5.56 Å². The van der Waals surface area contributed by atoms with Gasteiger partial charge in [-0.2, -0.15) is 0 Å². The quantitative estimate of drug-likeness (QED) is 0.779. The van der Waals surface area contributed by atoms with Gasteiger partial charge in [-0.3, -0.25) is 4.40 Å². The second-order valence-corrected chi connectivity index (χ2v) is 4.49. The van der Waals surface area contributed by atoms with Crippen LogP contribution < -0.4 is 5.32 Å². The van der Waals surface area contributed by atoms with Gasteiger partial charge in [-0.25, -0.2) is 4.98 Å². The molecule has 19 heavy (non-hydrogen) atoms. The fourth-order valence-corrected chi connectivity index (χ4v) is 2.07. The van der Waals surface area contributed by atoms with Gasteiger partial charge in [0.15, 0.2) is 5.82 Å². The first kappa shape index (κ1) is 11.6. The van der Waals surface area contributed by atoms with E-state index in [0.29, 0.717) is 0 Å². The van der Waals surface area contributed by atoms with Crippen LogP contribution in [-0.4, -0.2) is 19.6 Å². The van der Waals surface area contributed by atoms with Gasteiger partial charge in [-0.05, 0) is 19.4 Å². The van der Waals surface area contributed by atoms with Crippen molar-refractivity contribution in [2.75, 3.05) is 5.32 Å². The predicted molar refractivity (Wildman–Crippen MR) is 74.0 cm³/mol. The van der Waals surface area contributed by atoms with Crippen LogP contribution in [0.15, 0.2) is 42.7 Å². The van der Waals surface area contributed by atoms with E-state index in [1.807, 2.05) is 35.7 Å². The van der Waals surface area contributed by atoms with Crippen LogP contribution in [0.5, 0.6) is 0 Å². The molecule has 1 N–H and O–H groups in total. The Labute approximate surface area is 111 Å². The number of benzene rings is 1. The summed E-state index contributed by atoms with van der Waals surface area (Å²) in [6.45, 7) is 4.02. The molecule has 1 atom stereocenters. The average molecular weight is 253 g/mol. The van der Waals surface area contributed by atoms with Gasteiger partial charge in [0.05, 0.1) is 6.04 Å². The summed E-state index contributed by atoms with van der Waals surface area (Å²) < 4.78 is 1.92. The molecule has 3 aromatic rings. The summed E-state index contributed by atoms with van der Waals surface area (Å²) >= 11 is 0. The first-order valence-electron chi connectivity index (χ1n) is 6.23. The zero-order valence-electron chi connectivity index (χ0n) is 10.9. The predicted octanol–water partition coefficient (Wildman–Crippen LogP) is 2.61. The largest absolute Gasteiger partial charge is 0.360 e. The molecule has 2 aromatic heterocycles. The lowest BCUT2D eigenvalue weighted by atomic mass is 10.1. The standard InChI is InChI=1S/C14H15N5/c1-10(12-6-4-3-5-7-12)16-13-14-18-17-11(2)19(14)9-8-15-13/h3-10H,1-2H3,(H,15,16). The highest BCUT2D eigenvalue weighted by Gasteiger charge is 2.11. The molecule has 0 bridgehead atoms. The third-order valence-electron chi connectivity index (χ3n) is 3.15. The second kappa shape index (κ2) is 4.68. The van der Waals surface area contributed by atoms with Crippen LogP contribution in [-0.2, 0) is 0 Å². The van der Waals surface area contributed by atoms with Crippen molar-refractivity contribution < 1.29 is 0 Å². The molecule has 0 saturated heterocycles. The van der Waals surface area contributed by atoms with Crippen molar-refractivity contribution >= 4 is 11.5 Å². The lowest BCUT2D eigenvalue weighted by molar-refractivity contribution is 0.872. The molecule has 3 rings (SSSR count). The molecule has 0 radical (unpaired) electrons. The van der Waals surface area contributed by atoms with Gasteiger partial charge in [0, 0.05) is 12.4 Å². The summed E-state index contributed by atoms with van der Waals surface area (Å²) in [5.74, 6) is 1.60. The average Bonchev–Trinajstić information content (AvgIpc) is 2.83. The van der Waals surface area contributed by atoms with E-state index >= 15 is 0 Å². The van der Waals surface area contributed by atoms with E-state index in [9.17, 15) is 0 Å². The normalized spacial score (nSPS) is 12.5. The van der Waals surface area contributed by atoms with Crippen molar-refractivity contribution in [2.45, 2.75) is 19.9 Å². The molecule has 0 fully saturated rings. The lowest BCUT2D eigenvalue weighted by Crippen LogP contribution is -2.09. The maximum absolute atomic E-state index is 4.35. The highest BCUT2D eigenvalue weighted by molar-refractivity contribution is 5.62. The number of hydrogen-bond acceptors (Lipinski definition) is 4. The number of fused-ring (bicyclic) bond motifs is 1. The SMILES string of the molecule is Cc1nnc2c(NC(C)c3ccccc3)nccn12. The van der Waals surface area contributed by atoms with Gasteiger partial charge >= 0.3 is 0 Å². The minimum absolute atomic E-state index is 0.164. The monoisotopic (exact) mass is 253 g/mol. The third-order valence-corrected chi connectivity index (χ3v) is 3.15. The Morgan fingerprint density at radius 1 is 1.16 bits per heavy atom. The van der Waals surface area contributed by atoms with Gasteiger partial charge in [0.25, 0.3) is 0 Å². The maximum Gasteiger partial charge on any atom is 0.203 e. The van der Waals surface area contributed by atoms with Crippen LogP contribution >= 0.6 is 0 Å². The zero-order valence-corrected chi connectivity index (χ0v) is 10.9. The molecule has 5 heteroatoms. The maximum atomic E-state index is 4.35. The van der Waals surface area contributed by atoms with Crippen molar-refractivity contribution in [3.8, 4) is 0 Å². The van der Waals surface area contributed by atoms with Crippen LogP contribution in [0.3, 0.4) is 0 Å². The highest BCUT2D eigenvalue weighted by atomic mass is 15.3. The summed E-state index contributed by atoms with van der Waals surface area (Å²) in [6, 6.07) is 10.4. The molecular weight excluding hydrogens is 238 g/mol. The number of aromatic nitrogens is 4. The number of anilines is 1. The molecule has 2 heterocycles. The van der Waals surface area contributed by atoms with Crippen LogP contribution in [0.25, 0.3) is 5.65 Å². The Bertz CT molecular complexity index is 689. The van der Waals surface area contributed by atoms with Crippen molar-refractivity contribution in [1.29, 1.82) is 0 Å². The van der Waals surface area contributed by atoms with E-state index in [4.69, 9.17) is 0 Å². The van der Waals surface area contributed by atoms with E-state index in [0.717, 1.165) is 17.3 Å². The summed E-state index contributed by atoms with van der Waals surface area (Å²) in [5.41, 5.74) is 1.96. The fourth-order valence-electron chi connectivity index (χ4n) is 2.07. The summed E-state index contributed by atoms with van der Waals surface area (Å²) in [7, 11) is 0. The topological polar surface area (TPSA) is 55.1 Å². The molecule has 0 aliphatic carbocycles. The molecule has 0 amide bonds. The van der Waals surface area contributed by atoms with Crippen LogP contribution in [0.2, 0.25) is 0 Å². The van der Waals surface area contributed by atoms with E-state index in [-0.39, 0.29) is 6.04 Å². The fraction of sp³-hybridized carbons (Fsp3) is 0.214. The summed E-state index contributed by atoms with van der Waals surface area (Å²) in [5, 5.41) is 11.6. The number of rotatable bonds is 3. The van der Waals surface area contributed by atoms with Crippen LogP contribution in [0.1, 0.15) is 24.4 Å². The Balaban J connectivity index is 1.93. The van der Waals surface area contributed by atoms with Gasteiger partial charge in [0.2, 0.25) is 5.65 Å². The second-order valence-electron chi connectivity index (χ2n) is 4.49. The first-order valence-corrected chi connectivity index (χ1v) is 6.23. The molecular formula is C14H15N5. The Hall–Kier alpha value is -2.43. The van der Waals surface area contributed by atoms with Gasteiger partial charge in [0.1, 0.15) is 5.82 Å². The number of nitrogens with one attached hydrogen (secondary N) is 1. The highest BCUT2D eigenvalue weighted by Crippen LogP contribution is 2.20. The van der Waals surface area contributed by atoms with Gasteiger partial charge in [-0.15, -0.1) is 10.2 Å². The first-order chi connectivity index (χ1) is 9.25. The molecule has 0 spiro atoms. The van der Waals surface area contributed by atoms with Crippen molar-refractivity contribution in [1.82, 2.24) is 19.6 Å². The lowest BCUT2D eigenvalue weighted by Gasteiger charge is -2.14. The summed E-state index contributed by atoms with van der Waals surface area (Å²) in [4.78, 5) is 4.35. The zero-order chi connectivity index (χ0) is 13.2. The Morgan fingerprint density at radius 2 is 1.95 bits per heavy atom. The number of hydrogen-bond donors (Lipinski definition) is 1. The molecule has 5 nitrogen and oxygen atoms in total. The van der Waals surface area contributed by atoms with Crippen LogP contribution in [0.4, 0.5) is 5.82 Å². The minimum atomic E-state index is 0.164. The number of nitrogens with zero attached hydrogens (tertiary/aromatic N) is 4. The van der Waals surface area contributed by atoms with Crippen molar-refractivity contribution in [3.05, 3.63) is 54.1 Å². The number of aryl methyl sites for hydroxylation is 1. The van der Waals surface area contributed by atoms with Crippen molar-refractivity contribution in [2.24, 2.45) is 0 Å². The van der Waals surface area contributed by atoms with Gasteiger partial charge in [-0.1, -0.05) is 30.3 Å². The Morgan fingerprint density at radius 3 is 2.74 bits per heavy atom. The molecule has 0 aliphatic heterocycles. The van der Waals surface area contributed by atoms with Crippen LogP contribution in [0, 0.1) is 6.92 Å². The smallest absolute Gasteiger partial charge is 0.203 e. The molecule has 96 valence electrons. The molecule has 0 saturated carbocycles. The Kier molecular flexibility index (Phi) is 2.87. The van der Waals surface area contributed by atoms with Gasteiger partial charge < -0.3 is 5.32 Å². The molecule has 0 aliphatic rings. The van der Waals surface area contributed by atoms with E-state index in [1.54, 1.807) is 6.20 Å². The minimum Gasteiger partial charge on any atom is -0.360 e.